The predicted octanol–water partition coefficient (Wildman–Crippen LogP) is 0.926. The van der Waals surface area contributed by atoms with Gasteiger partial charge < -0.3 is 4.90 Å². The molecular formula is C18H18F2N3O2S+. The summed E-state index contributed by atoms with van der Waals surface area (Å²) < 4.78 is 53.6. The second-order valence-corrected chi connectivity index (χ2v) is 8.08. The lowest BCUT2D eigenvalue weighted by Crippen LogP contribution is -3.13. The molecule has 3 rings (SSSR count). The van der Waals surface area contributed by atoms with Gasteiger partial charge in [-0.05, 0) is 24.3 Å². The highest BCUT2D eigenvalue weighted by atomic mass is 32.2. The van der Waals surface area contributed by atoms with Crippen LogP contribution in [0.1, 0.15) is 11.1 Å². The Morgan fingerprint density at radius 2 is 1.81 bits per heavy atom. The van der Waals surface area contributed by atoms with Crippen molar-refractivity contribution >= 4 is 10.0 Å². The molecule has 1 saturated heterocycles. The van der Waals surface area contributed by atoms with Crippen molar-refractivity contribution in [1.29, 1.82) is 5.26 Å². The summed E-state index contributed by atoms with van der Waals surface area (Å²) in [6.07, 6.45) is 0. The Kier molecular flexibility index (Phi) is 5.32. The van der Waals surface area contributed by atoms with E-state index in [1.54, 1.807) is 12.1 Å². The van der Waals surface area contributed by atoms with E-state index in [4.69, 9.17) is 5.26 Å². The molecule has 5 nitrogen and oxygen atoms in total. The molecule has 0 amide bonds. The fraction of sp³-hybridized carbons (Fsp3) is 0.278. The zero-order chi connectivity index (χ0) is 18.7. The second kappa shape index (κ2) is 7.50. The maximum Gasteiger partial charge on any atom is 0.246 e. The topological polar surface area (TPSA) is 65.6 Å². The minimum atomic E-state index is -4.07. The molecule has 1 aliphatic rings. The fourth-order valence-electron chi connectivity index (χ4n) is 3.09. The first-order chi connectivity index (χ1) is 12.4. The maximum atomic E-state index is 13.9. The van der Waals surface area contributed by atoms with E-state index in [9.17, 15) is 17.2 Å². The van der Waals surface area contributed by atoms with Gasteiger partial charge >= 0.3 is 0 Å². The summed E-state index contributed by atoms with van der Waals surface area (Å²) in [7, 11) is -4.07. The fourth-order valence-corrected chi connectivity index (χ4v) is 4.60. The van der Waals surface area contributed by atoms with Crippen molar-refractivity contribution in [2.24, 2.45) is 0 Å². The number of hydrogen-bond donors (Lipinski definition) is 1. The Bertz CT molecular complexity index is 949. The SMILES string of the molecule is N#Cc1ccccc1C[NH+]1CCN(S(=O)(=O)c2cc(F)ccc2F)CC1. The van der Waals surface area contributed by atoms with Crippen LogP contribution in [0.25, 0.3) is 0 Å². The average Bonchev–Trinajstić information content (AvgIpc) is 2.64. The number of halogens is 2. The van der Waals surface area contributed by atoms with Gasteiger partial charge in [0.2, 0.25) is 10.0 Å². The first-order valence-electron chi connectivity index (χ1n) is 8.18. The van der Waals surface area contributed by atoms with Gasteiger partial charge in [0.25, 0.3) is 0 Å². The lowest BCUT2D eigenvalue weighted by Gasteiger charge is -2.31. The van der Waals surface area contributed by atoms with Gasteiger partial charge in [-0.3, -0.25) is 0 Å². The lowest BCUT2D eigenvalue weighted by molar-refractivity contribution is -0.917. The van der Waals surface area contributed by atoms with E-state index in [2.05, 4.69) is 6.07 Å². The van der Waals surface area contributed by atoms with Crippen molar-refractivity contribution in [1.82, 2.24) is 4.31 Å². The van der Waals surface area contributed by atoms with E-state index >= 15 is 0 Å². The van der Waals surface area contributed by atoms with E-state index in [-0.39, 0.29) is 13.1 Å². The smallest absolute Gasteiger partial charge is 0.246 e. The normalized spacial score (nSPS) is 16.3. The van der Waals surface area contributed by atoms with Crippen molar-refractivity contribution in [2.75, 3.05) is 26.2 Å². The Balaban J connectivity index is 1.70. The molecule has 2 aromatic rings. The summed E-state index contributed by atoms with van der Waals surface area (Å²) in [5.41, 5.74) is 1.52. The molecule has 0 aliphatic carbocycles. The van der Waals surface area contributed by atoms with Crippen LogP contribution in [0, 0.1) is 23.0 Å². The molecule has 0 aromatic heterocycles. The third kappa shape index (κ3) is 3.75. The molecule has 1 heterocycles. The summed E-state index contributed by atoms with van der Waals surface area (Å²) in [5, 5.41) is 9.16. The first kappa shape index (κ1) is 18.5. The Morgan fingerprint density at radius 1 is 1.12 bits per heavy atom. The van der Waals surface area contributed by atoms with Gasteiger partial charge in [-0.15, -0.1) is 0 Å². The molecule has 0 atom stereocenters. The molecule has 1 N–H and O–H groups in total. The van der Waals surface area contributed by atoms with Crippen LogP contribution in [-0.2, 0) is 16.6 Å². The van der Waals surface area contributed by atoms with E-state index in [0.29, 0.717) is 31.3 Å². The molecule has 1 aliphatic heterocycles. The molecule has 1 fully saturated rings. The lowest BCUT2D eigenvalue weighted by atomic mass is 10.1. The Hall–Kier alpha value is -2.34. The Morgan fingerprint density at radius 3 is 2.50 bits per heavy atom. The van der Waals surface area contributed by atoms with Crippen molar-refractivity contribution in [2.45, 2.75) is 11.4 Å². The van der Waals surface area contributed by atoms with E-state index < -0.39 is 26.6 Å². The molecule has 8 heteroatoms. The van der Waals surface area contributed by atoms with Gasteiger partial charge in [0, 0.05) is 5.56 Å². The van der Waals surface area contributed by atoms with E-state index in [1.807, 2.05) is 12.1 Å². The minimum Gasteiger partial charge on any atom is -0.329 e. The summed E-state index contributed by atoms with van der Waals surface area (Å²) >= 11 is 0. The van der Waals surface area contributed by atoms with Crippen LogP contribution in [-0.4, -0.2) is 38.9 Å². The molecule has 0 bridgehead atoms. The highest BCUT2D eigenvalue weighted by Crippen LogP contribution is 2.20. The van der Waals surface area contributed by atoms with Gasteiger partial charge in [0.05, 0.1) is 37.8 Å². The van der Waals surface area contributed by atoms with Gasteiger partial charge in [0.1, 0.15) is 23.1 Å². The van der Waals surface area contributed by atoms with Crippen LogP contribution in [0.5, 0.6) is 0 Å². The van der Waals surface area contributed by atoms with Crippen molar-refractivity contribution in [3.05, 3.63) is 65.2 Å². The van der Waals surface area contributed by atoms with Crippen LogP contribution in [0.3, 0.4) is 0 Å². The number of nitrogens with zero attached hydrogens (tertiary/aromatic N) is 2. The predicted molar refractivity (Wildman–Crippen MR) is 90.7 cm³/mol. The summed E-state index contributed by atoms with van der Waals surface area (Å²) in [5.74, 6) is -1.74. The molecule has 0 saturated carbocycles. The van der Waals surface area contributed by atoms with Gasteiger partial charge in [-0.2, -0.15) is 9.57 Å². The summed E-state index contributed by atoms with van der Waals surface area (Å²) in [4.78, 5) is 0.509. The highest BCUT2D eigenvalue weighted by molar-refractivity contribution is 7.89. The third-order valence-electron chi connectivity index (χ3n) is 4.52. The van der Waals surface area contributed by atoms with Crippen LogP contribution >= 0.6 is 0 Å². The number of rotatable bonds is 4. The zero-order valence-corrected chi connectivity index (χ0v) is 14.8. The Labute approximate surface area is 151 Å². The van der Waals surface area contributed by atoms with Gasteiger partial charge in [0.15, 0.2) is 0 Å². The number of nitrogens with one attached hydrogen (secondary N) is 1. The van der Waals surface area contributed by atoms with Crippen LogP contribution < -0.4 is 4.90 Å². The molecule has 0 spiro atoms. The number of piperazine rings is 1. The van der Waals surface area contributed by atoms with E-state index in [1.165, 1.54) is 4.31 Å². The van der Waals surface area contributed by atoms with Crippen LogP contribution in [0.2, 0.25) is 0 Å². The third-order valence-corrected chi connectivity index (χ3v) is 6.43. The highest BCUT2D eigenvalue weighted by Gasteiger charge is 2.32. The minimum absolute atomic E-state index is 0.211. The number of benzene rings is 2. The second-order valence-electron chi connectivity index (χ2n) is 6.17. The number of nitriles is 1. The van der Waals surface area contributed by atoms with Crippen molar-refractivity contribution < 1.29 is 22.1 Å². The van der Waals surface area contributed by atoms with Crippen molar-refractivity contribution in [3.8, 4) is 6.07 Å². The quantitative estimate of drug-likeness (QED) is 0.861. The maximum absolute atomic E-state index is 13.9. The zero-order valence-electron chi connectivity index (χ0n) is 14.0. The van der Waals surface area contributed by atoms with Gasteiger partial charge in [-0.25, -0.2) is 17.2 Å². The molecule has 0 radical (unpaired) electrons. The largest absolute Gasteiger partial charge is 0.329 e. The molecule has 26 heavy (non-hydrogen) atoms. The molecule has 136 valence electrons. The standard InChI is InChI=1S/C18H17F2N3O2S/c19-16-5-6-17(20)18(11-16)26(24,25)23-9-7-22(8-10-23)13-15-4-2-1-3-14(15)12-21/h1-6,11H,7-10,13H2/p+1. The number of sulfonamides is 1. The van der Waals surface area contributed by atoms with Crippen molar-refractivity contribution in [3.63, 3.8) is 0 Å². The van der Waals surface area contributed by atoms with E-state index in [0.717, 1.165) is 22.6 Å². The number of quaternary nitrogens is 1. The average molecular weight is 378 g/mol. The molecular weight excluding hydrogens is 360 g/mol. The van der Waals surface area contributed by atoms with Gasteiger partial charge in [-0.1, -0.05) is 18.2 Å². The molecule has 2 aromatic carbocycles. The monoisotopic (exact) mass is 378 g/mol. The van der Waals surface area contributed by atoms with Crippen LogP contribution in [0.4, 0.5) is 8.78 Å². The summed E-state index contributed by atoms with van der Waals surface area (Å²) in [6, 6.07) is 11.9. The molecule has 0 unspecified atom stereocenters. The van der Waals surface area contributed by atoms with Crippen LogP contribution in [0.15, 0.2) is 47.4 Å². The first-order valence-corrected chi connectivity index (χ1v) is 9.62. The summed E-state index contributed by atoms with van der Waals surface area (Å²) in [6.45, 7) is 2.09. The number of hydrogen-bond acceptors (Lipinski definition) is 3.